The Bertz CT molecular complexity index is 184. The van der Waals surface area contributed by atoms with E-state index in [9.17, 15) is 5.11 Å². The number of aliphatic hydroxyl groups is 1. The Labute approximate surface area is 101 Å². The fourth-order valence-electron chi connectivity index (χ4n) is 3.00. The van der Waals surface area contributed by atoms with Gasteiger partial charge in [0.25, 0.3) is 0 Å². The van der Waals surface area contributed by atoms with Gasteiger partial charge < -0.3 is 10.8 Å². The third kappa shape index (κ3) is 3.74. The molecule has 0 bridgehead atoms. The van der Waals surface area contributed by atoms with Crippen LogP contribution in [-0.4, -0.2) is 17.8 Å². The van der Waals surface area contributed by atoms with Crippen LogP contribution in [0.1, 0.15) is 71.1 Å². The van der Waals surface area contributed by atoms with Gasteiger partial charge >= 0.3 is 0 Å². The molecule has 1 aliphatic rings. The minimum atomic E-state index is -0.141. The molecule has 16 heavy (non-hydrogen) atoms. The Morgan fingerprint density at radius 1 is 1.19 bits per heavy atom. The van der Waals surface area contributed by atoms with Crippen LogP contribution in [0, 0.1) is 5.41 Å². The molecule has 0 aliphatic heterocycles. The van der Waals surface area contributed by atoms with Gasteiger partial charge in [0.15, 0.2) is 0 Å². The SMILES string of the molecule is CCCCCCCC1(CN)CCCCC1O. The van der Waals surface area contributed by atoms with Crippen molar-refractivity contribution in [1.29, 1.82) is 0 Å². The van der Waals surface area contributed by atoms with E-state index in [0.717, 1.165) is 19.3 Å². The molecule has 2 nitrogen and oxygen atoms in total. The van der Waals surface area contributed by atoms with E-state index < -0.39 is 0 Å². The van der Waals surface area contributed by atoms with Crippen LogP contribution in [0.2, 0.25) is 0 Å². The van der Waals surface area contributed by atoms with Crippen molar-refractivity contribution in [1.82, 2.24) is 0 Å². The summed E-state index contributed by atoms with van der Waals surface area (Å²) in [6, 6.07) is 0. The lowest BCUT2D eigenvalue weighted by Crippen LogP contribution is -2.44. The molecule has 0 aromatic carbocycles. The maximum Gasteiger partial charge on any atom is 0.0608 e. The average Bonchev–Trinajstić information content (AvgIpc) is 2.31. The number of rotatable bonds is 7. The van der Waals surface area contributed by atoms with E-state index in [1.54, 1.807) is 0 Å². The minimum Gasteiger partial charge on any atom is -0.393 e. The van der Waals surface area contributed by atoms with Crippen LogP contribution in [0.15, 0.2) is 0 Å². The summed E-state index contributed by atoms with van der Waals surface area (Å²) in [5, 5.41) is 10.1. The molecule has 0 radical (unpaired) electrons. The second-order valence-corrected chi connectivity index (χ2v) is 5.49. The molecule has 0 heterocycles. The zero-order valence-corrected chi connectivity index (χ0v) is 10.9. The first kappa shape index (κ1) is 14.0. The molecule has 0 amide bonds. The summed E-state index contributed by atoms with van der Waals surface area (Å²) in [5.41, 5.74) is 5.97. The van der Waals surface area contributed by atoms with Crippen molar-refractivity contribution in [2.75, 3.05) is 6.54 Å². The second-order valence-electron chi connectivity index (χ2n) is 5.49. The summed E-state index contributed by atoms with van der Waals surface area (Å²) in [6.45, 7) is 2.91. The molecule has 0 spiro atoms. The lowest BCUT2D eigenvalue weighted by Gasteiger charge is -2.41. The molecule has 0 aromatic heterocycles. The van der Waals surface area contributed by atoms with Crippen LogP contribution in [-0.2, 0) is 0 Å². The minimum absolute atomic E-state index is 0.0600. The number of aliphatic hydroxyl groups excluding tert-OH is 1. The van der Waals surface area contributed by atoms with E-state index >= 15 is 0 Å². The monoisotopic (exact) mass is 227 g/mol. The lowest BCUT2D eigenvalue weighted by molar-refractivity contribution is -0.0133. The number of hydrogen-bond acceptors (Lipinski definition) is 2. The van der Waals surface area contributed by atoms with E-state index in [2.05, 4.69) is 6.92 Å². The second kappa shape index (κ2) is 7.29. The molecular weight excluding hydrogens is 198 g/mol. The number of nitrogens with two attached hydrogens (primary N) is 1. The van der Waals surface area contributed by atoms with Crippen LogP contribution in [0.3, 0.4) is 0 Å². The van der Waals surface area contributed by atoms with Crippen LogP contribution in [0.5, 0.6) is 0 Å². The standard InChI is InChI=1S/C14H29NO/c1-2-3-4-5-7-10-14(12-15)11-8-6-9-13(14)16/h13,16H,2-12,15H2,1H3. The van der Waals surface area contributed by atoms with Crippen molar-refractivity contribution in [2.24, 2.45) is 11.1 Å². The summed E-state index contributed by atoms with van der Waals surface area (Å²) in [7, 11) is 0. The molecule has 2 unspecified atom stereocenters. The predicted molar refractivity (Wildman–Crippen MR) is 69.3 cm³/mol. The fraction of sp³-hybridized carbons (Fsp3) is 1.00. The third-order valence-electron chi connectivity index (χ3n) is 4.29. The molecular formula is C14H29NO. The number of hydrogen-bond donors (Lipinski definition) is 2. The zero-order valence-electron chi connectivity index (χ0n) is 10.9. The molecule has 2 atom stereocenters. The van der Waals surface area contributed by atoms with Gasteiger partial charge in [0.1, 0.15) is 0 Å². The summed E-state index contributed by atoms with van der Waals surface area (Å²) in [6.07, 6.45) is 12.1. The van der Waals surface area contributed by atoms with Gasteiger partial charge in [-0.3, -0.25) is 0 Å². The van der Waals surface area contributed by atoms with Crippen molar-refractivity contribution < 1.29 is 5.11 Å². The highest BCUT2D eigenvalue weighted by Gasteiger charge is 2.37. The zero-order chi connectivity index (χ0) is 11.9. The third-order valence-corrected chi connectivity index (χ3v) is 4.29. The highest BCUT2D eigenvalue weighted by molar-refractivity contribution is 4.90. The van der Waals surface area contributed by atoms with Crippen molar-refractivity contribution in [2.45, 2.75) is 77.2 Å². The van der Waals surface area contributed by atoms with E-state index in [1.165, 1.54) is 44.9 Å². The first-order chi connectivity index (χ1) is 7.75. The fourth-order valence-corrected chi connectivity index (χ4v) is 3.00. The maximum absolute atomic E-state index is 10.1. The Hall–Kier alpha value is -0.0800. The molecule has 96 valence electrons. The Morgan fingerprint density at radius 2 is 1.94 bits per heavy atom. The normalized spacial score (nSPS) is 30.6. The molecule has 1 rings (SSSR count). The first-order valence-corrected chi connectivity index (χ1v) is 7.13. The van der Waals surface area contributed by atoms with Gasteiger partial charge in [-0.15, -0.1) is 0 Å². The van der Waals surface area contributed by atoms with E-state index in [0.29, 0.717) is 6.54 Å². The molecule has 1 saturated carbocycles. The van der Waals surface area contributed by atoms with E-state index in [1.807, 2.05) is 0 Å². The largest absolute Gasteiger partial charge is 0.393 e. The quantitative estimate of drug-likeness (QED) is 0.656. The Morgan fingerprint density at radius 3 is 2.56 bits per heavy atom. The summed E-state index contributed by atoms with van der Waals surface area (Å²) in [5.74, 6) is 0. The topological polar surface area (TPSA) is 46.2 Å². The average molecular weight is 227 g/mol. The molecule has 3 N–H and O–H groups in total. The maximum atomic E-state index is 10.1. The summed E-state index contributed by atoms with van der Waals surface area (Å²) in [4.78, 5) is 0. The van der Waals surface area contributed by atoms with Gasteiger partial charge in [0.2, 0.25) is 0 Å². The van der Waals surface area contributed by atoms with Gasteiger partial charge in [-0.2, -0.15) is 0 Å². The van der Waals surface area contributed by atoms with Crippen LogP contribution in [0.25, 0.3) is 0 Å². The van der Waals surface area contributed by atoms with Gasteiger partial charge in [-0.25, -0.2) is 0 Å². The van der Waals surface area contributed by atoms with Crippen LogP contribution >= 0.6 is 0 Å². The Balaban J connectivity index is 2.29. The van der Waals surface area contributed by atoms with Crippen molar-refractivity contribution in [3.05, 3.63) is 0 Å². The van der Waals surface area contributed by atoms with Crippen molar-refractivity contribution in [3.8, 4) is 0 Å². The van der Waals surface area contributed by atoms with Crippen LogP contribution < -0.4 is 5.73 Å². The Kier molecular flexibility index (Phi) is 6.37. The highest BCUT2D eigenvalue weighted by Crippen LogP contribution is 2.40. The molecule has 0 saturated heterocycles. The first-order valence-electron chi connectivity index (χ1n) is 7.13. The van der Waals surface area contributed by atoms with Gasteiger partial charge in [-0.1, -0.05) is 51.9 Å². The molecule has 2 heteroatoms. The molecule has 0 aromatic rings. The smallest absolute Gasteiger partial charge is 0.0608 e. The van der Waals surface area contributed by atoms with Crippen molar-refractivity contribution in [3.63, 3.8) is 0 Å². The molecule has 1 aliphatic carbocycles. The van der Waals surface area contributed by atoms with Gasteiger partial charge in [-0.05, 0) is 19.3 Å². The molecule has 1 fully saturated rings. The van der Waals surface area contributed by atoms with E-state index in [4.69, 9.17) is 5.73 Å². The predicted octanol–water partition coefficient (Wildman–Crippen LogP) is 3.23. The van der Waals surface area contributed by atoms with Crippen LogP contribution in [0.4, 0.5) is 0 Å². The van der Waals surface area contributed by atoms with E-state index in [-0.39, 0.29) is 11.5 Å². The van der Waals surface area contributed by atoms with Gasteiger partial charge in [0, 0.05) is 12.0 Å². The summed E-state index contributed by atoms with van der Waals surface area (Å²) < 4.78 is 0. The number of unbranched alkanes of at least 4 members (excludes halogenated alkanes) is 4. The highest BCUT2D eigenvalue weighted by atomic mass is 16.3. The van der Waals surface area contributed by atoms with Gasteiger partial charge in [0.05, 0.1) is 6.10 Å². The van der Waals surface area contributed by atoms with Crippen molar-refractivity contribution >= 4 is 0 Å². The lowest BCUT2D eigenvalue weighted by atomic mass is 9.69. The summed E-state index contributed by atoms with van der Waals surface area (Å²) >= 11 is 0.